The van der Waals surface area contributed by atoms with Crippen LogP contribution in [0, 0.1) is 6.92 Å². The third-order valence-electron chi connectivity index (χ3n) is 5.87. The molecule has 0 saturated carbocycles. The molecule has 0 radical (unpaired) electrons. The summed E-state index contributed by atoms with van der Waals surface area (Å²) in [7, 11) is 3.99. The molecule has 0 bridgehead atoms. The normalized spacial score (nSPS) is 11.6. The quantitative estimate of drug-likeness (QED) is 0.243. The Kier molecular flexibility index (Phi) is 5.89. The van der Waals surface area contributed by atoms with Gasteiger partial charge in [-0.3, -0.25) is 9.69 Å². The van der Waals surface area contributed by atoms with Crippen molar-refractivity contribution >= 4 is 54.3 Å². The molecule has 2 aromatic heterocycles. The number of amides is 1. The van der Waals surface area contributed by atoms with Crippen LogP contribution in [-0.2, 0) is 0 Å². The number of hydrogen-bond acceptors (Lipinski definition) is 6. The number of rotatable bonds is 6. The SMILES string of the molecule is Cc1ccc2nc(N(CCCN(C)C)C(=O)c3cc4c(ccc5ccccc54)oc3=O)sc2c1. The summed E-state index contributed by atoms with van der Waals surface area (Å²) in [5, 5.41) is 3.29. The Morgan fingerprint density at radius 3 is 2.65 bits per heavy atom. The summed E-state index contributed by atoms with van der Waals surface area (Å²) in [5.74, 6) is -0.391. The van der Waals surface area contributed by atoms with Crippen LogP contribution in [0.25, 0.3) is 32.0 Å². The summed E-state index contributed by atoms with van der Waals surface area (Å²) in [6, 6.07) is 19.3. The number of aryl methyl sites for hydroxylation is 1. The lowest BCUT2D eigenvalue weighted by molar-refractivity contribution is 0.0982. The Morgan fingerprint density at radius 1 is 1.00 bits per heavy atom. The third kappa shape index (κ3) is 4.20. The fraction of sp³-hybridized carbons (Fsp3) is 0.222. The molecule has 6 nitrogen and oxygen atoms in total. The lowest BCUT2D eigenvalue weighted by atomic mass is 10.0. The lowest BCUT2D eigenvalue weighted by Gasteiger charge is -2.20. The summed E-state index contributed by atoms with van der Waals surface area (Å²) in [6.07, 6.45) is 0.746. The fourth-order valence-corrected chi connectivity index (χ4v) is 5.22. The maximum Gasteiger partial charge on any atom is 0.349 e. The van der Waals surface area contributed by atoms with Gasteiger partial charge in [-0.15, -0.1) is 0 Å². The molecule has 0 saturated heterocycles. The van der Waals surface area contributed by atoms with Crippen LogP contribution in [0.15, 0.2) is 69.9 Å². The van der Waals surface area contributed by atoms with E-state index in [1.165, 1.54) is 11.3 Å². The predicted molar refractivity (Wildman–Crippen MR) is 139 cm³/mol. The Labute approximate surface area is 201 Å². The molecule has 5 aromatic rings. The maximum absolute atomic E-state index is 13.8. The Morgan fingerprint density at radius 2 is 1.82 bits per heavy atom. The summed E-state index contributed by atoms with van der Waals surface area (Å²) in [4.78, 5) is 35.1. The molecule has 0 aliphatic heterocycles. The minimum absolute atomic E-state index is 0.0177. The summed E-state index contributed by atoms with van der Waals surface area (Å²) >= 11 is 1.46. The number of nitrogens with zero attached hydrogens (tertiary/aromatic N) is 3. The van der Waals surface area contributed by atoms with Gasteiger partial charge in [-0.1, -0.05) is 47.7 Å². The van der Waals surface area contributed by atoms with Crippen LogP contribution >= 0.6 is 11.3 Å². The second-order valence-electron chi connectivity index (χ2n) is 8.73. The molecular weight excluding hydrogens is 446 g/mol. The number of thiazole rings is 1. The van der Waals surface area contributed by atoms with Gasteiger partial charge in [0.25, 0.3) is 5.91 Å². The van der Waals surface area contributed by atoms with Crippen molar-refractivity contribution in [3.05, 3.63) is 82.2 Å². The van der Waals surface area contributed by atoms with Crippen LogP contribution in [0.3, 0.4) is 0 Å². The van der Waals surface area contributed by atoms with Gasteiger partial charge in [0.2, 0.25) is 0 Å². The first-order valence-corrected chi connectivity index (χ1v) is 12.0. The van der Waals surface area contributed by atoms with E-state index in [0.717, 1.165) is 44.9 Å². The molecule has 1 amide bonds. The Balaban J connectivity index is 1.61. The van der Waals surface area contributed by atoms with E-state index in [1.807, 2.05) is 63.5 Å². The maximum atomic E-state index is 13.8. The minimum Gasteiger partial charge on any atom is -0.422 e. The van der Waals surface area contributed by atoms with E-state index < -0.39 is 11.5 Å². The molecule has 3 aromatic carbocycles. The number of aromatic nitrogens is 1. The number of carbonyl (C=O) groups is 1. The standard InChI is InChI=1S/C27H25N3O3S/c1-17-9-11-22-24(15-17)34-27(28-22)30(14-6-13-29(2)3)25(31)21-16-20-19-8-5-4-7-18(19)10-12-23(20)33-26(21)32/h4-5,7-12,15-16H,6,13-14H2,1-3H3. The molecule has 2 heterocycles. The molecule has 0 spiro atoms. The highest BCUT2D eigenvalue weighted by Crippen LogP contribution is 2.31. The average Bonchev–Trinajstić information content (AvgIpc) is 3.23. The van der Waals surface area contributed by atoms with E-state index in [4.69, 9.17) is 9.40 Å². The molecule has 172 valence electrons. The van der Waals surface area contributed by atoms with Gasteiger partial charge in [0.1, 0.15) is 11.1 Å². The first-order valence-electron chi connectivity index (χ1n) is 11.2. The first-order chi connectivity index (χ1) is 16.4. The molecule has 0 unspecified atom stereocenters. The molecule has 0 aliphatic carbocycles. The van der Waals surface area contributed by atoms with Gasteiger partial charge in [0.05, 0.1) is 10.2 Å². The molecule has 7 heteroatoms. The van der Waals surface area contributed by atoms with Gasteiger partial charge < -0.3 is 9.32 Å². The largest absolute Gasteiger partial charge is 0.422 e. The van der Waals surface area contributed by atoms with Crippen molar-refractivity contribution in [3.63, 3.8) is 0 Å². The van der Waals surface area contributed by atoms with Crippen molar-refractivity contribution in [2.45, 2.75) is 13.3 Å². The monoisotopic (exact) mass is 471 g/mol. The first kappa shape index (κ1) is 22.3. The highest BCUT2D eigenvalue weighted by Gasteiger charge is 2.25. The Bertz CT molecular complexity index is 1590. The molecule has 0 N–H and O–H groups in total. The zero-order valence-corrected chi connectivity index (χ0v) is 20.2. The van der Waals surface area contributed by atoms with Crippen molar-refractivity contribution < 1.29 is 9.21 Å². The van der Waals surface area contributed by atoms with Crippen LogP contribution in [0.4, 0.5) is 5.13 Å². The van der Waals surface area contributed by atoms with Gasteiger partial charge in [-0.2, -0.15) is 0 Å². The van der Waals surface area contributed by atoms with Gasteiger partial charge in [0.15, 0.2) is 5.13 Å². The summed E-state index contributed by atoms with van der Waals surface area (Å²) < 4.78 is 6.61. The van der Waals surface area contributed by atoms with Crippen molar-refractivity contribution in [3.8, 4) is 0 Å². The van der Waals surface area contributed by atoms with E-state index >= 15 is 0 Å². The molecular formula is C27H25N3O3S. The van der Waals surface area contributed by atoms with Gasteiger partial charge in [0, 0.05) is 11.9 Å². The van der Waals surface area contributed by atoms with Gasteiger partial charge in [-0.25, -0.2) is 9.78 Å². The van der Waals surface area contributed by atoms with E-state index in [9.17, 15) is 9.59 Å². The third-order valence-corrected chi connectivity index (χ3v) is 6.91. The fourth-order valence-electron chi connectivity index (χ4n) is 4.13. The number of benzene rings is 3. The van der Waals surface area contributed by atoms with Crippen LogP contribution < -0.4 is 10.5 Å². The summed E-state index contributed by atoms with van der Waals surface area (Å²) in [6.45, 7) is 3.29. The van der Waals surface area contributed by atoms with Crippen LogP contribution in [0.2, 0.25) is 0 Å². The highest BCUT2D eigenvalue weighted by atomic mass is 32.1. The van der Waals surface area contributed by atoms with Crippen molar-refractivity contribution in [2.24, 2.45) is 0 Å². The number of carbonyl (C=O) groups excluding carboxylic acids is 1. The second kappa shape index (κ2) is 9.00. The number of hydrogen-bond donors (Lipinski definition) is 0. The van der Waals surface area contributed by atoms with Crippen LogP contribution in [-0.4, -0.2) is 43.0 Å². The van der Waals surface area contributed by atoms with Gasteiger partial charge in [-0.05, 0) is 74.6 Å². The minimum atomic E-state index is -0.637. The molecule has 0 aliphatic rings. The molecule has 0 fully saturated rings. The van der Waals surface area contributed by atoms with E-state index in [1.54, 1.807) is 17.0 Å². The molecule has 34 heavy (non-hydrogen) atoms. The van der Waals surface area contributed by atoms with Gasteiger partial charge >= 0.3 is 5.63 Å². The zero-order valence-electron chi connectivity index (χ0n) is 19.4. The zero-order chi connectivity index (χ0) is 23.8. The second-order valence-corrected chi connectivity index (χ2v) is 9.74. The Hall–Kier alpha value is -3.55. The molecule has 5 rings (SSSR count). The van der Waals surface area contributed by atoms with E-state index in [0.29, 0.717) is 17.3 Å². The van der Waals surface area contributed by atoms with Crippen molar-refractivity contribution in [2.75, 3.05) is 32.1 Å². The van der Waals surface area contributed by atoms with Crippen LogP contribution in [0.5, 0.6) is 0 Å². The topological polar surface area (TPSA) is 66.7 Å². The number of fused-ring (bicyclic) bond motifs is 4. The summed E-state index contributed by atoms with van der Waals surface area (Å²) in [5.41, 5.74) is 1.82. The predicted octanol–water partition coefficient (Wildman–Crippen LogP) is 5.46. The van der Waals surface area contributed by atoms with E-state index in [2.05, 4.69) is 11.0 Å². The molecule has 0 atom stereocenters. The lowest BCUT2D eigenvalue weighted by Crippen LogP contribution is -2.36. The van der Waals surface area contributed by atoms with Crippen LogP contribution in [0.1, 0.15) is 22.3 Å². The highest BCUT2D eigenvalue weighted by molar-refractivity contribution is 7.22. The van der Waals surface area contributed by atoms with Crippen molar-refractivity contribution in [1.29, 1.82) is 0 Å². The van der Waals surface area contributed by atoms with E-state index in [-0.39, 0.29) is 5.56 Å². The van der Waals surface area contributed by atoms with Crippen molar-refractivity contribution in [1.82, 2.24) is 9.88 Å². The number of anilines is 1. The smallest absolute Gasteiger partial charge is 0.349 e. The average molecular weight is 472 g/mol.